The first-order valence-electron chi connectivity index (χ1n) is 6.30. The topological polar surface area (TPSA) is 124 Å². The fourth-order valence-corrected chi connectivity index (χ4v) is 3.41. The van der Waals surface area contributed by atoms with Gasteiger partial charge in [-0.1, -0.05) is 13.8 Å². The maximum atomic E-state index is 12.3. The van der Waals surface area contributed by atoms with Crippen molar-refractivity contribution in [1.82, 2.24) is 4.72 Å². The molecule has 8 heteroatoms. The summed E-state index contributed by atoms with van der Waals surface area (Å²) in [6, 6.07) is 1.31. The number of aliphatic hydroxyl groups is 1. The molecule has 1 aromatic carbocycles. The van der Waals surface area contributed by atoms with Gasteiger partial charge in [0.2, 0.25) is 10.0 Å². The Bertz CT molecular complexity index is 638. The third-order valence-electron chi connectivity index (χ3n) is 3.12. The number of carboxylic acids is 1. The number of benzene rings is 1. The summed E-state index contributed by atoms with van der Waals surface area (Å²) >= 11 is 0. The van der Waals surface area contributed by atoms with Crippen LogP contribution in [0.2, 0.25) is 0 Å². The second-order valence-corrected chi connectivity index (χ2v) is 6.78. The molecule has 0 amide bonds. The number of rotatable bonds is 6. The number of phenols is 1. The Kier molecular flexibility index (Phi) is 5.32. The summed E-state index contributed by atoms with van der Waals surface area (Å²) in [6.45, 7) is 4.56. The highest BCUT2D eigenvalue weighted by Crippen LogP contribution is 2.25. The van der Waals surface area contributed by atoms with Crippen LogP contribution in [0.5, 0.6) is 5.75 Å². The van der Waals surface area contributed by atoms with Crippen LogP contribution >= 0.6 is 0 Å². The minimum absolute atomic E-state index is 0.138. The summed E-state index contributed by atoms with van der Waals surface area (Å²) in [4.78, 5) is 10.7. The van der Waals surface area contributed by atoms with Gasteiger partial charge in [-0.15, -0.1) is 0 Å². The fraction of sp³-hybridized carbons (Fsp3) is 0.462. The summed E-state index contributed by atoms with van der Waals surface area (Å²) in [7, 11) is -4.00. The van der Waals surface area contributed by atoms with Crippen LogP contribution in [0.25, 0.3) is 0 Å². The number of carbonyl (C=O) groups is 1. The molecule has 0 radical (unpaired) electrons. The fourth-order valence-electron chi connectivity index (χ4n) is 1.78. The van der Waals surface area contributed by atoms with Gasteiger partial charge >= 0.3 is 5.97 Å². The van der Waals surface area contributed by atoms with Gasteiger partial charge in [0.25, 0.3) is 0 Å². The number of hydrogen-bond donors (Lipinski definition) is 4. The number of aromatic carboxylic acids is 1. The van der Waals surface area contributed by atoms with Crippen molar-refractivity contribution in [2.24, 2.45) is 5.92 Å². The molecule has 0 saturated heterocycles. The van der Waals surface area contributed by atoms with E-state index in [4.69, 9.17) is 5.11 Å². The van der Waals surface area contributed by atoms with Crippen molar-refractivity contribution in [3.63, 3.8) is 0 Å². The van der Waals surface area contributed by atoms with Crippen molar-refractivity contribution in [2.45, 2.75) is 31.7 Å². The predicted octanol–water partition coefficient (Wildman–Crippen LogP) is 0.694. The van der Waals surface area contributed by atoms with E-state index in [9.17, 15) is 23.4 Å². The van der Waals surface area contributed by atoms with Crippen LogP contribution in [-0.4, -0.2) is 42.4 Å². The lowest BCUT2D eigenvalue weighted by Crippen LogP contribution is -2.41. The minimum atomic E-state index is -4.00. The highest BCUT2D eigenvalue weighted by Gasteiger charge is 2.25. The molecule has 0 aliphatic carbocycles. The van der Waals surface area contributed by atoms with Crippen molar-refractivity contribution >= 4 is 16.0 Å². The van der Waals surface area contributed by atoms with Gasteiger partial charge in [-0.2, -0.15) is 0 Å². The lowest BCUT2D eigenvalue weighted by Gasteiger charge is -2.20. The Labute approximate surface area is 123 Å². The quantitative estimate of drug-likeness (QED) is 0.612. The SMILES string of the molecule is Cc1cc(O)c(C(=O)O)cc1S(=O)(=O)NC(CO)C(C)C. The van der Waals surface area contributed by atoms with Crippen molar-refractivity contribution in [1.29, 1.82) is 0 Å². The van der Waals surface area contributed by atoms with Gasteiger partial charge < -0.3 is 15.3 Å². The predicted molar refractivity (Wildman–Crippen MR) is 75.8 cm³/mol. The number of aliphatic hydroxyl groups excluding tert-OH is 1. The van der Waals surface area contributed by atoms with Gasteiger partial charge in [0.1, 0.15) is 11.3 Å². The van der Waals surface area contributed by atoms with Crippen molar-refractivity contribution in [2.75, 3.05) is 6.61 Å². The Morgan fingerprint density at radius 1 is 1.33 bits per heavy atom. The zero-order chi connectivity index (χ0) is 16.4. The zero-order valence-electron chi connectivity index (χ0n) is 12.0. The molecule has 1 atom stereocenters. The molecule has 4 N–H and O–H groups in total. The average molecular weight is 317 g/mol. The van der Waals surface area contributed by atoms with Crippen LogP contribution < -0.4 is 4.72 Å². The summed E-state index contributed by atoms with van der Waals surface area (Å²) in [5.41, 5.74) is -0.281. The van der Waals surface area contributed by atoms with Gasteiger partial charge in [-0.3, -0.25) is 0 Å². The molecule has 0 aliphatic rings. The van der Waals surface area contributed by atoms with E-state index in [-0.39, 0.29) is 23.0 Å². The Morgan fingerprint density at radius 2 is 1.90 bits per heavy atom. The number of aryl methyl sites for hydroxylation is 1. The lowest BCUT2D eigenvalue weighted by molar-refractivity contribution is 0.0693. The number of carboxylic acid groups (broad SMARTS) is 1. The van der Waals surface area contributed by atoms with Crippen LogP contribution in [0.1, 0.15) is 29.8 Å². The lowest BCUT2D eigenvalue weighted by atomic mass is 10.1. The molecule has 0 aromatic heterocycles. The van der Waals surface area contributed by atoms with E-state index < -0.39 is 33.3 Å². The number of nitrogens with one attached hydrogen (secondary N) is 1. The molecule has 0 aliphatic heterocycles. The molecular weight excluding hydrogens is 298 g/mol. The van der Waals surface area contributed by atoms with E-state index in [0.29, 0.717) is 0 Å². The van der Waals surface area contributed by atoms with Crippen LogP contribution in [0.3, 0.4) is 0 Å². The molecule has 1 unspecified atom stereocenters. The monoisotopic (exact) mass is 317 g/mol. The van der Waals surface area contributed by atoms with E-state index in [1.54, 1.807) is 13.8 Å². The first-order valence-corrected chi connectivity index (χ1v) is 7.78. The van der Waals surface area contributed by atoms with Crippen molar-refractivity contribution in [3.05, 3.63) is 23.3 Å². The Balaban J connectivity index is 3.31. The maximum absolute atomic E-state index is 12.3. The largest absolute Gasteiger partial charge is 0.507 e. The molecule has 21 heavy (non-hydrogen) atoms. The molecule has 0 heterocycles. The van der Waals surface area contributed by atoms with Crippen LogP contribution in [0, 0.1) is 12.8 Å². The molecule has 0 fully saturated rings. The third-order valence-corrected chi connectivity index (χ3v) is 4.75. The summed E-state index contributed by atoms with van der Waals surface area (Å²) in [5.74, 6) is -2.06. The summed E-state index contributed by atoms with van der Waals surface area (Å²) < 4.78 is 27.0. The zero-order valence-corrected chi connectivity index (χ0v) is 12.8. The average Bonchev–Trinajstić information content (AvgIpc) is 2.34. The summed E-state index contributed by atoms with van der Waals surface area (Å²) in [6.07, 6.45) is 0. The number of aromatic hydroxyl groups is 1. The first kappa shape index (κ1) is 17.4. The Hall–Kier alpha value is -1.64. The van der Waals surface area contributed by atoms with E-state index in [1.807, 2.05) is 0 Å². The molecule has 118 valence electrons. The number of hydrogen-bond acceptors (Lipinski definition) is 5. The van der Waals surface area contributed by atoms with Gasteiger partial charge in [0.05, 0.1) is 11.5 Å². The van der Waals surface area contributed by atoms with Crippen LogP contribution in [0.15, 0.2) is 17.0 Å². The second-order valence-electron chi connectivity index (χ2n) is 5.09. The highest BCUT2D eigenvalue weighted by molar-refractivity contribution is 7.89. The van der Waals surface area contributed by atoms with E-state index in [2.05, 4.69) is 4.72 Å². The van der Waals surface area contributed by atoms with Gasteiger partial charge in [0, 0.05) is 6.04 Å². The standard InChI is InChI=1S/C13H19NO6S/c1-7(2)10(6-15)14-21(19,20)12-5-9(13(17)18)11(16)4-8(12)3/h4-5,7,10,14-16H,6H2,1-3H3,(H,17,18). The molecule has 1 rings (SSSR count). The summed E-state index contributed by atoms with van der Waals surface area (Å²) in [5, 5.41) is 27.7. The number of sulfonamides is 1. The van der Waals surface area contributed by atoms with E-state index in [1.165, 1.54) is 6.92 Å². The maximum Gasteiger partial charge on any atom is 0.339 e. The molecule has 0 spiro atoms. The minimum Gasteiger partial charge on any atom is -0.507 e. The third kappa shape index (κ3) is 3.93. The molecular formula is C13H19NO6S. The van der Waals surface area contributed by atoms with Gasteiger partial charge in [-0.25, -0.2) is 17.9 Å². The molecule has 7 nitrogen and oxygen atoms in total. The molecule has 1 aromatic rings. The van der Waals surface area contributed by atoms with Crippen LogP contribution in [-0.2, 0) is 10.0 Å². The first-order chi connectivity index (χ1) is 9.60. The normalized spacial score (nSPS) is 13.4. The van der Waals surface area contributed by atoms with E-state index >= 15 is 0 Å². The van der Waals surface area contributed by atoms with Gasteiger partial charge in [0.15, 0.2) is 0 Å². The van der Waals surface area contributed by atoms with Crippen LogP contribution in [0.4, 0.5) is 0 Å². The smallest absolute Gasteiger partial charge is 0.339 e. The highest BCUT2D eigenvalue weighted by atomic mass is 32.2. The molecule has 0 bridgehead atoms. The van der Waals surface area contributed by atoms with Crippen molar-refractivity contribution in [3.8, 4) is 5.75 Å². The van der Waals surface area contributed by atoms with Crippen molar-refractivity contribution < 1.29 is 28.5 Å². The Morgan fingerprint density at radius 3 is 2.33 bits per heavy atom. The van der Waals surface area contributed by atoms with Gasteiger partial charge in [-0.05, 0) is 30.5 Å². The second kappa shape index (κ2) is 6.42. The van der Waals surface area contributed by atoms with E-state index in [0.717, 1.165) is 12.1 Å². The molecule has 0 saturated carbocycles.